The second kappa shape index (κ2) is 5.08. The minimum absolute atomic E-state index is 0.119. The van der Waals surface area contributed by atoms with Gasteiger partial charge in [0.1, 0.15) is 17.0 Å². The first-order valence-electron chi connectivity index (χ1n) is 8.60. The molecule has 0 aliphatic rings. The zero-order chi connectivity index (χ0) is 18.0. The third-order valence-electron chi connectivity index (χ3n) is 4.97. The molecule has 27 heavy (non-hydrogen) atoms. The van der Waals surface area contributed by atoms with Gasteiger partial charge >= 0.3 is 0 Å². The molecule has 6 aromatic rings. The Hall–Kier alpha value is -3.86. The highest BCUT2D eigenvalue weighted by molar-refractivity contribution is 6.14. The van der Waals surface area contributed by atoms with E-state index >= 15 is 0 Å². The molecule has 0 amide bonds. The first-order chi connectivity index (χ1) is 13.3. The Kier molecular flexibility index (Phi) is 2.69. The lowest BCUT2D eigenvalue weighted by Gasteiger charge is -2.07. The van der Waals surface area contributed by atoms with Gasteiger partial charge in [-0.1, -0.05) is 30.3 Å². The number of aromatic nitrogens is 2. The van der Waals surface area contributed by atoms with Gasteiger partial charge in [0, 0.05) is 16.2 Å². The molecule has 0 unspecified atom stereocenters. The fraction of sp³-hybridized carbons (Fsp3) is 0. The second-order valence-corrected chi connectivity index (χ2v) is 6.44. The van der Waals surface area contributed by atoms with Gasteiger partial charge in [0.05, 0.1) is 12.5 Å². The van der Waals surface area contributed by atoms with Crippen LogP contribution in [-0.2, 0) is 0 Å². The summed E-state index contributed by atoms with van der Waals surface area (Å²) in [5.41, 5.74) is 1.66. The molecule has 5 nitrogen and oxygen atoms in total. The summed E-state index contributed by atoms with van der Waals surface area (Å²) in [6, 6.07) is 19.0. The number of hydrogen-bond donors (Lipinski definition) is 0. The van der Waals surface area contributed by atoms with Crippen LogP contribution in [0.2, 0.25) is 0 Å². The number of benzene rings is 2. The van der Waals surface area contributed by atoms with Crippen LogP contribution in [0.5, 0.6) is 0 Å². The number of hydrogen-bond acceptors (Lipinski definition) is 4. The van der Waals surface area contributed by atoms with Crippen LogP contribution in [0.3, 0.4) is 0 Å². The van der Waals surface area contributed by atoms with E-state index in [4.69, 9.17) is 13.8 Å². The van der Waals surface area contributed by atoms with Crippen molar-refractivity contribution in [1.82, 2.24) is 9.38 Å². The number of nitrogens with zero attached hydrogens (tertiary/aromatic N) is 2. The summed E-state index contributed by atoms with van der Waals surface area (Å²) >= 11 is 0. The minimum atomic E-state index is -0.119. The molecule has 5 heteroatoms. The third kappa shape index (κ3) is 1.83. The Balaban J connectivity index is 1.92. The molecule has 0 fully saturated rings. The maximum Gasteiger partial charge on any atom is 0.264 e. The standard InChI is InChI=1S/C22H12N2O3/c25-22-15-8-2-6-13-5-1-7-14(18(13)15)21-23-19(16-9-3-11-26-16)20(24(21)22)17-10-4-12-27-17/h1-12H. The van der Waals surface area contributed by atoms with E-state index < -0.39 is 0 Å². The molecule has 0 saturated heterocycles. The summed E-state index contributed by atoms with van der Waals surface area (Å²) in [5, 5.41) is 3.53. The second-order valence-electron chi connectivity index (χ2n) is 6.44. The molecule has 0 spiro atoms. The van der Waals surface area contributed by atoms with Crippen molar-refractivity contribution < 1.29 is 8.83 Å². The van der Waals surface area contributed by atoms with Crippen LogP contribution in [0.25, 0.3) is 50.1 Å². The van der Waals surface area contributed by atoms with E-state index in [-0.39, 0.29) is 5.56 Å². The smallest absolute Gasteiger partial charge is 0.264 e. The Labute approximate surface area is 152 Å². The lowest BCUT2D eigenvalue weighted by Crippen LogP contribution is -2.14. The Bertz CT molecular complexity index is 1470. The van der Waals surface area contributed by atoms with Crippen LogP contribution in [0.1, 0.15) is 0 Å². The number of imidazole rings is 1. The van der Waals surface area contributed by atoms with E-state index in [1.54, 1.807) is 29.1 Å². The largest absolute Gasteiger partial charge is 0.463 e. The molecule has 0 aliphatic carbocycles. The van der Waals surface area contributed by atoms with Crippen LogP contribution < -0.4 is 5.56 Å². The molecule has 0 atom stereocenters. The summed E-state index contributed by atoms with van der Waals surface area (Å²) in [4.78, 5) is 18.3. The average Bonchev–Trinajstić information content (AvgIpc) is 3.45. The average molecular weight is 352 g/mol. The molecule has 0 aliphatic heterocycles. The Morgan fingerprint density at radius 2 is 1.48 bits per heavy atom. The zero-order valence-corrected chi connectivity index (χ0v) is 14.0. The molecule has 4 heterocycles. The van der Waals surface area contributed by atoms with Gasteiger partial charge in [-0.05, 0) is 35.7 Å². The van der Waals surface area contributed by atoms with E-state index in [9.17, 15) is 4.79 Å². The Morgan fingerprint density at radius 1 is 0.778 bits per heavy atom. The SMILES string of the molecule is O=c1c2cccc3cccc(c32)c2nc(-c3ccco3)c(-c3ccco3)n12. The van der Waals surface area contributed by atoms with E-state index in [0.29, 0.717) is 33.9 Å². The maximum atomic E-state index is 13.4. The van der Waals surface area contributed by atoms with Gasteiger partial charge in [-0.25, -0.2) is 4.98 Å². The molecular weight excluding hydrogens is 340 g/mol. The molecule has 0 radical (unpaired) electrons. The van der Waals surface area contributed by atoms with Crippen LogP contribution in [-0.4, -0.2) is 9.38 Å². The predicted molar refractivity (Wildman–Crippen MR) is 103 cm³/mol. The Morgan fingerprint density at radius 3 is 2.19 bits per heavy atom. The van der Waals surface area contributed by atoms with Gasteiger partial charge in [-0.2, -0.15) is 0 Å². The van der Waals surface area contributed by atoms with Crippen molar-refractivity contribution in [2.24, 2.45) is 0 Å². The van der Waals surface area contributed by atoms with E-state index in [2.05, 4.69) is 0 Å². The zero-order valence-electron chi connectivity index (χ0n) is 14.0. The third-order valence-corrected chi connectivity index (χ3v) is 4.97. The fourth-order valence-electron chi connectivity index (χ4n) is 3.85. The van der Waals surface area contributed by atoms with E-state index in [0.717, 1.165) is 16.2 Å². The van der Waals surface area contributed by atoms with Crippen molar-refractivity contribution in [3.8, 4) is 22.9 Å². The number of fused-ring (bicyclic) bond motifs is 2. The van der Waals surface area contributed by atoms with Gasteiger partial charge in [0.15, 0.2) is 11.5 Å². The molecule has 4 aromatic heterocycles. The summed E-state index contributed by atoms with van der Waals surface area (Å²) in [6.07, 6.45) is 3.18. The first kappa shape index (κ1) is 14.3. The van der Waals surface area contributed by atoms with Gasteiger partial charge < -0.3 is 8.83 Å². The van der Waals surface area contributed by atoms with E-state index in [1.807, 2.05) is 48.5 Å². The molecule has 0 bridgehead atoms. The van der Waals surface area contributed by atoms with Crippen molar-refractivity contribution in [2.75, 3.05) is 0 Å². The van der Waals surface area contributed by atoms with Gasteiger partial charge in [-0.15, -0.1) is 0 Å². The summed E-state index contributed by atoms with van der Waals surface area (Å²) in [7, 11) is 0. The number of pyridine rings is 1. The molecular formula is C22H12N2O3. The maximum absolute atomic E-state index is 13.4. The van der Waals surface area contributed by atoms with Gasteiger partial charge in [0.25, 0.3) is 5.56 Å². The van der Waals surface area contributed by atoms with Crippen molar-refractivity contribution in [2.45, 2.75) is 0 Å². The van der Waals surface area contributed by atoms with Crippen LogP contribution in [0.4, 0.5) is 0 Å². The number of furan rings is 2. The molecule has 6 rings (SSSR count). The molecule has 0 N–H and O–H groups in total. The summed E-state index contributed by atoms with van der Waals surface area (Å²) in [5.74, 6) is 1.16. The van der Waals surface area contributed by atoms with Crippen molar-refractivity contribution in [3.63, 3.8) is 0 Å². The quantitative estimate of drug-likeness (QED) is 0.442. The lowest BCUT2D eigenvalue weighted by atomic mass is 10.0. The van der Waals surface area contributed by atoms with Crippen LogP contribution in [0.15, 0.2) is 86.8 Å². The minimum Gasteiger partial charge on any atom is -0.463 e. The predicted octanol–water partition coefficient (Wildman–Crippen LogP) is 4.96. The van der Waals surface area contributed by atoms with Crippen LogP contribution in [0, 0.1) is 0 Å². The normalized spacial score (nSPS) is 11.9. The van der Waals surface area contributed by atoms with Gasteiger partial charge in [-0.3, -0.25) is 9.20 Å². The molecule has 2 aromatic carbocycles. The highest BCUT2D eigenvalue weighted by atomic mass is 16.3. The van der Waals surface area contributed by atoms with Crippen molar-refractivity contribution in [1.29, 1.82) is 0 Å². The summed E-state index contributed by atoms with van der Waals surface area (Å²) in [6.45, 7) is 0. The molecule has 0 saturated carbocycles. The molecule has 128 valence electrons. The highest BCUT2D eigenvalue weighted by Gasteiger charge is 2.24. The first-order valence-corrected chi connectivity index (χ1v) is 8.60. The topological polar surface area (TPSA) is 60.7 Å². The van der Waals surface area contributed by atoms with Gasteiger partial charge in [0.2, 0.25) is 0 Å². The lowest BCUT2D eigenvalue weighted by molar-refractivity contribution is 0.572. The fourth-order valence-corrected chi connectivity index (χ4v) is 3.85. The van der Waals surface area contributed by atoms with Crippen LogP contribution >= 0.6 is 0 Å². The van der Waals surface area contributed by atoms with E-state index in [1.165, 1.54) is 0 Å². The highest BCUT2D eigenvalue weighted by Crippen LogP contribution is 2.36. The monoisotopic (exact) mass is 352 g/mol. The summed E-state index contributed by atoms with van der Waals surface area (Å²) < 4.78 is 12.9. The van der Waals surface area contributed by atoms with Crippen molar-refractivity contribution >= 4 is 27.2 Å². The van der Waals surface area contributed by atoms with Crippen molar-refractivity contribution in [3.05, 3.63) is 83.5 Å². The number of rotatable bonds is 2.